The molecule has 0 spiro atoms. The van der Waals surface area contributed by atoms with Gasteiger partial charge in [0, 0.05) is 0 Å². The van der Waals surface area contributed by atoms with E-state index < -0.39 is 16.3 Å². The van der Waals surface area contributed by atoms with Crippen LogP contribution in [-0.4, -0.2) is 0 Å². The van der Waals surface area contributed by atoms with Gasteiger partial charge in [-0.2, -0.15) is 0 Å². The molecule has 0 N–H and O–H groups in total. The Hall–Kier alpha value is 0.113. The molecule has 0 heterocycles. The molecule has 0 nitrogen and oxygen atoms in total. The summed E-state index contributed by atoms with van der Waals surface area (Å²) in [5.41, 5.74) is 0. The third-order valence-electron chi connectivity index (χ3n) is 1.31. The van der Waals surface area contributed by atoms with Crippen molar-refractivity contribution in [3.63, 3.8) is 0 Å². The standard InChI is InChI=1S/C6H5.BrH.3FH.Zn/c1-2-4-6-5-3-1;;;;;/h1-5H;4*1H;/q;;;;;+3/p-3. The van der Waals surface area contributed by atoms with Crippen molar-refractivity contribution in [3.05, 3.63) is 30.3 Å². The van der Waals surface area contributed by atoms with E-state index in [1.807, 2.05) is 0 Å². The van der Waals surface area contributed by atoms with Gasteiger partial charge in [-0.15, -0.1) is 17.0 Å². The van der Waals surface area contributed by atoms with Gasteiger partial charge in [-0.3, -0.25) is 0 Å². The molecule has 0 atom stereocenters. The van der Waals surface area contributed by atoms with Crippen molar-refractivity contribution in [2.75, 3.05) is 0 Å². The number of benzene rings is 1. The Kier molecular flexibility index (Phi) is 4.26. The van der Waals surface area contributed by atoms with Crippen LogP contribution in [0.15, 0.2) is 30.3 Å². The molecule has 0 bridgehead atoms. The summed E-state index contributed by atoms with van der Waals surface area (Å²) in [6.07, 6.45) is 0. The monoisotopic (exact) mass is 278 g/mol. The summed E-state index contributed by atoms with van der Waals surface area (Å²) in [5, 5.41) is 0. The topological polar surface area (TPSA) is 0 Å². The van der Waals surface area contributed by atoms with Crippen LogP contribution in [0.3, 0.4) is 0 Å². The van der Waals surface area contributed by atoms with Crippen LogP contribution in [0.1, 0.15) is 0 Å². The van der Waals surface area contributed by atoms with Gasteiger partial charge in [-0.1, -0.05) is 0 Å². The van der Waals surface area contributed by atoms with Crippen LogP contribution in [0.4, 0.5) is 9.95 Å². The third kappa shape index (κ3) is 3.34. The van der Waals surface area contributed by atoms with Crippen molar-refractivity contribution in [3.8, 4) is 0 Å². The predicted molar refractivity (Wildman–Crippen MR) is 39.7 cm³/mol. The molecule has 0 aromatic heterocycles. The Balaban J connectivity index is 0.000001000. The molecule has 0 radical (unpaired) electrons. The van der Waals surface area contributed by atoms with Gasteiger partial charge >= 0.3 is 60.7 Å². The molecule has 0 amide bonds. The average molecular weight is 280 g/mol. The van der Waals surface area contributed by atoms with Gasteiger partial charge in [0.1, 0.15) is 0 Å². The van der Waals surface area contributed by atoms with E-state index in [2.05, 4.69) is 0 Å². The Labute approximate surface area is 77.7 Å². The van der Waals surface area contributed by atoms with Crippen LogP contribution >= 0.6 is 17.0 Å². The maximum absolute atomic E-state index is 12.0. The first-order valence-corrected chi connectivity index (χ1v) is 7.91. The van der Waals surface area contributed by atoms with E-state index in [0.717, 1.165) is 12.1 Å². The van der Waals surface area contributed by atoms with Crippen molar-refractivity contribution in [2.24, 2.45) is 0 Å². The van der Waals surface area contributed by atoms with Crippen LogP contribution in [0.5, 0.6) is 0 Å². The minimum atomic E-state index is -6.30. The molecule has 11 heavy (non-hydrogen) atoms. The van der Waals surface area contributed by atoms with E-state index in [1.165, 1.54) is 12.1 Å². The molecule has 5 heteroatoms. The molecule has 0 aliphatic carbocycles. The van der Waals surface area contributed by atoms with Crippen LogP contribution in [0, 0.1) is 0 Å². The second-order valence-corrected chi connectivity index (χ2v) is 6.86. The normalized spacial score (nSPS) is 9.00. The second kappa shape index (κ2) is 4.22. The molecule has 0 fully saturated rings. The van der Waals surface area contributed by atoms with Gasteiger partial charge in [0.25, 0.3) is 0 Å². The molecule has 0 aliphatic rings. The van der Waals surface area contributed by atoms with Gasteiger partial charge in [0.2, 0.25) is 0 Å². The second-order valence-electron chi connectivity index (χ2n) is 2.19. The fourth-order valence-electron chi connectivity index (χ4n) is 0.745. The van der Waals surface area contributed by atoms with Crippen molar-refractivity contribution in [1.29, 1.82) is 0 Å². The summed E-state index contributed by atoms with van der Waals surface area (Å²) in [6.45, 7) is 0. The number of rotatable bonds is 1. The fourth-order valence-corrected chi connectivity index (χ4v) is 2.44. The molecule has 60 valence electrons. The van der Waals surface area contributed by atoms with E-state index in [0.29, 0.717) is 0 Å². The average Bonchev–Trinajstić information content (AvgIpc) is 1.88. The summed E-state index contributed by atoms with van der Waals surface area (Å²) in [5.74, 6) is 0. The zero-order valence-corrected chi connectivity index (χ0v) is 10.3. The molecule has 0 saturated carbocycles. The molecular formula is C6H6BrF3Zn. The molecule has 1 aromatic carbocycles. The zero-order valence-electron chi connectivity index (χ0n) is 5.64. The van der Waals surface area contributed by atoms with Crippen molar-refractivity contribution in [1.82, 2.24) is 0 Å². The zero-order chi connectivity index (χ0) is 7.61. The van der Waals surface area contributed by atoms with Gasteiger partial charge < -0.3 is 0 Å². The predicted octanol–water partition coefficient (Wildman–Crippen LogP) is 2.70. The Morgan fingerprint density at radius 3 is 1.64 bits per heavy atom. The Bertz CT molecular complexity index is 209. The summed E-state index contributed by atoms with van der Waals surface area (Å²) in [7, 11) is 0. The van der Waals surface area contributed by atoms with Crippen LogP contribution in [-0.2, 0) is 16.3 Å². The summed E-state index contributed by atoms with van der Waals surface area (Å²) in [4.78, 5) is 0. The molecule has 1 rings (SSSR count). The van der Waals surface area contributed by atoms with E-state index >= 15 is 0 Å². The first kappa shape index (κ1) is 11.1. The Morgan fingerprint density at radius 1 is 0.909 bits per heavy atom. The summed E-state index contributed by atoms with van der Waals surface area (Å²) < 4.78 is 35.6. The minimum absolute atomic E-state index is 0. The van der Waals surface area contributed by atoms with Crippen molar-refractivity contribution < 1.29 is 26.2 Å². The first-order valence-electron chi connectivity index (χ1n) is 3.07. The van der Waals surface area contributed by atoms with Crippen LogP contribution < -0.4 is 4.16 Å². The van der Waals surface area contributed by atoms with Gasteiger partial charge in [0.05, 0.1) is 0 Å². The third-order valence-corrected chi connectivity index (χ3v) is 4.24. The van der Waals surface area contributed by atoms with Crippen molar-refractivity contribution in [2.45, 2.75) is 0 Å². The Morgan fingerprint density at radius 2 is 1.36 bits per heavy atom. The van der Waals surface area contributed by atoms with Crippen LogP contribution in [0.2, 0.25) is 0 Å². The number of halogens is 4. The summed E-state index contributed by atoms with van der Waals surface area (Å²) >= 11 is -6.30. The number of hydrogen-bond donors (Lipinski definition) is 0. The van der Waals surface area contributed by atoms with Gasteiger partial charge in [0.15, 0.2) is 0 Å². The molecule has 0 aliphatic heterocycles. The van der Waals surface area contributed by atoms with E-state index in [9.17, 15) is 9.95 Å². The van der Waals surface area contributed by atoms with E-state index in [-0.39, 0.29) is 21.1 Å². The van der Waals surface area contributed by atoms with E-state index in [4.69, 9.17) is 0 Å². The quantitative estimate of drug-likeness (QED) is 0.694. The summed E-state index contributed by atoms with van der Waals surface area (Å²) in [6, 6.07) is 6.70. The SMILES string of the molecule is Br.[F][Zn]([F])([F])[c]1ccccc1. The first-order chi connectivity index (χ1) is 4.61. The maximum atomic E-state index is 12.0. The molecule has 0 saturated heterocycles. The number of hydrogen-bond acceptors (Lipinski definition) is 0. The fraction of sp³-hybridized carbons (Fsp3) is 0. The molecular weight excluding hydrogens is 274 g/mol. The van der Waals surface area contributed by atoms with Gasteiger partial charge in [-0.05, 0) is 0 Å². The van der Waals surface area contributed by atoms with E-state index in [1.54, 1.807) is 6.07 Å². The van der Waals surface area contributed by atoms with Crippen LogP contribution in [0.25, 0.3) is 0 Å². The molecule has 1 aromatic rings. The molecule has 0 unspecified atom stereocenters. The van der Waals surface area contributed by atoms with Crippen molar-refractivity contribution >= 4 is 21.1 Å². The van der Waals surface area contributed by atoms with Gasteiger partial charge in [-0.25, -0.2) is 0 Å².